The molecule has 0 amide bonds. The molecule has 1 aromatic carbocycles. The Morgan fingerprint density at radius 1 is 1.19 bits per heavy atom. The summed E-state index contributed by atoms with van der Waals surface area (Å²) in [7, 11) is 1.80. The van der Waals surface area contributed by atoms with Gasteiger partial charge in [-0.1, -0.05) is 12.1 Å². The van der Waals surface area contributed by atoms with Crippen LogP contribution < -0.4 is 0 Å². The highest BCUT2D eigenvalue weighted by Crippen LogP contribution is 2.19. The summed E-state index contributed by atoms with van der Waals surface area (Å²) in [6.45, 7) is 2.02. The fraction of sp³-hybridized carbons (Fsp3) is 0.158. The van der Waals surface area contributed by atoms with Gasteiger partial charge in [0.15, 0.2) is 5.65 Å². The van der Waals surface area contributed by atoms with E-state index < -0.39 is 5.97 Å². The Labute approximate surface area is 149 Å². The third-order valence-corrected chi connectivity index (χ3v) is 4.10. The molecule has 3 aromatic heterocycles. The minimum atomic E-state index is -0.391. The molecule has 0 spiro atoms. The summed E-state index contributed by atoms with van der Waals surface area (Å²) in [6.07, 6.45) is 5.22. The van der Waals surface area contributed by atoms with Gasteiger partial charge in [-0.15, -0.1) is 0 Å². The van der Waals surface area contributed by atoms with Gasteiger partial charge >= 0.3 is 5.97 Å². The molecule has 0 aliphatic carbocycles. The van der Waals surface area contributed by atoms with E-state index in [0.29, 0.717) is 16.6 Å². The average molecular weight is 347 g/mol. The molecule has 0 N–H and O–H groups in total. The van der Waals surface area contributed by atoms with E-state index in [9.17, 15) is 4.79 Å². The van der Waals surface area contributed by atoms with Gasteiger partial charge in [-0.25, -0.2) is 14.5 Å². The van der Waals surface area contributed by atoms with Gasteiger partial charge in [0.2, 0.25) is 0 Å². The van der Waals surface area contributed by atoms with Crippen LogP contribution in [0.5, 0.6) is 0 Å². The number of esters is 1. The Balaban J connectivity index is 1.56. The molecule has 4 aromatic rings. The molecule has 0 aliphatic heterocycles. The molecule has 0 radical (unpaired) electrons. The van der Waals surface area contributed by atoms with Crippen LogP contribution in [0.1, 0.15) is 21.6 Å². The van der Waals surface area contributed by atoms with E-state index in [4.69, 9.17) is 4.74 Å². The van der Waals surface area contributed by atoms with Crippen molar-refractivity contribution >= 4 is 17.0 Å². The summed E-state index contributed by atoms with van der Waals surface area (Å²) < 4.78 is 8.93. The van der Waals surface area contributed by atoms with Crippen LogP contribution in [-0.2, 0) is 18.4 Å². The second-order valence-corrected chi connectivity index (χ2v) is 6.01. The maximum Gasteiger partial charge on any atom is 0.339 e. The largest absolute Gasteiger partial charge is 0.457 e. The van der Waals surface area contributed by atoms with E-state index in [1.807, 2.05) is 43.5 Å². The molecular weight excluding hydrogens is 330 g/mol. The van der Waals surface area contributed by atoms with Crippen LogP contribution in [0.4, 0.5) is 0 Å². The van der Waals surface area contributed by atoms with E-state index in [2.05, 4.69) is 15.2 Å². The van der Waals surface area contributed by atoms with Crippen molar-refractivity contribution in [3.63, 3.8) is 0 Å². The molecular formula is C19H17N5O2. The highest BCUT2D eigenvalue weighted by atomic mass is 16.5. The number of fused-ring (bicyclic) bond motifs is 1. The first kappa shape index (κ1) is 16.0. The fourth-order valence-corrected chi connectivity index (χ4v) is 2.85. The maximum absolute atomic E-state index is 12.6. The van der Waals surface area contributed by atoms with Crippen molar-refractivity contribution in [2.75, 3.05) is 0 Å². The van der Waals surface area contributed by atoms with Gasteiger partial charge in [0, 0.05) is 25.1 Å². The van der Waals surface area contributed by atoms with Crippen molar-refractivity contribution in [2.24, 2.45) is 7.05 Å². The zero-order valence-corrected chi connectivity index (χ0v) is 14.5. The van der Waals surface area contributed by atoms with Crippen LogP contribution in [0.2, 0.25) is 0 Å². The van der Waals surface area contributed by atoms with Crippen LogP contribution in [0.15, 0.2) is 55.0 Å². The van der Waals surface area contributed by atoms with E-state index in [1.54, 1.807) is 34.9 Å². The van der Waals surface area contributed by atoms with Crippen LogP contribution in [0.25, 0.3) is 16.7 Å². The lowest BCUT2D eigenvalue weighted by molar-refractivity contribution is 0.0475. The minimum absolute atomic E-state index is 0.178. The lowest BCUT2D eigenvalue weighted by atomic mass is 10.1. The first-order chi connectivity index (χ1) is 12.6. The van der Waals surface area contributed by atoms with Gasteiger partial charge in [-0.05, 0) is 36.8 Å². The molecule has 7 nitrogen and oxygen atoms in total. The highest BCUT2D eigenvalue weighted by Gasteiger charge is 2.16. The van der Waals surface area contributed by atoms with Gasteiger partial charge in [-0.2, -0.15) is 10.2 Å². The number of benzene rings is 1. The number of hydrogen-bond donors (Lipinski definition) is 0. The predicted octanol–water partition coefficient (Wildman–Crippen LogP) is 2.82. The van der Waals surface area contributed by atoms with E-state index >= 15 is 0 Å². The van der Waals surface area contributed by atoms with Crippen LogP contribution in [0.3, 0.4) is 0 Å². The molecule has 0 saturated carbocycles. The van der Waals surface area contributed by atoms with Crippen molar-refractivity contribution in [1.82, 2.24) is 24.5 Å². The lowest BCUT2D eigenvalue weighted by Crippen LogP contribution is -2.07. The van der Waals surface area contributed by atoms with Crippen LogP contribution >= 0.6 is 0 Å². The van der Waals surface area contributed by atoms with Crippen molar-refractivity contribution in [2.45, 2.75) is 13.5 Å². The number of carbonyl (C=O) groups excluding carboxylic acids is 1. The molecule has 0 atom stereocenters. The third kappa shape index (κ3) is 2.95. The van der Waals surface area contributed by atoms with Crippen molar-refractivity contribution < 1.29 is 9.53 Å². The standard InChI is InChI=1S/C19H17N5O2/c1-13-9-16(17-11-21-23(2)18(17)22-13)19(25)26-12-14-5-3-6-15(10-14)24-8-4-7-20-24/h3-11H,12H2,1-2H3. The average Bonchev–Trinajstić information content (AvgIpc) is 3.30. The molecule has 0 aliphatic rings. The molecule has 0 fully saturated rings. The Kier molecular flexibility index (Phi) is 3.96. The smallest absolute Gasteiger partial charge is 0.339 e. The SMILES string of the molecule is Cc1cc(C(=O)OCc2cccc(-n3cccn3)c2)c2cnn(C)c2n1. The predicted molar refractivity (Wildman–Crippen MR) is 95.9 cm³/mol. The van der Waals surface area contributed by atoms with E-state index in [1.165, 1.54) is 0 Å². The number of ether oxygens (including phenoxy) is 1. The molecule has 0 saturated heterocycles. The molecule has 130 valence electrons. The Bertz CT molecular complexity index is 1080. The summed E-state index contributed by atoms with van der Waals surface area (Å²) in [5, 5.41) is 9.07. The number of pyridine rings is 1. The molecule has 26 heavy (non-hydrogen) atoms. The van der Waals surface area contributed by atoms with Crippen molar-refractivity contribution in [1.29, 1.82) is 0 Å². The topological polar surface area (TPSA) is 74.8 Å². The second-order valence-electron chi connectivity index (χ2n) is 6.01. The number of aromatic nitrogens is 5. The number of hydrogen-bond acceptors (Lipinski definition) is 5. The molecule has 4 rings (SSSR count). The Hall–Kier alpha value is -3.48. The summed E-state index contributed by atoms with van der Waals surface area (Å²) in [5.74, 6) is -0.391. The maximum atomic E-state index is 12.6. The van der Waals surface area contributed by atoms with Crippen LogP contribution in [0, 0.1) is 6.92 Å². The summed E-state index contributed by atoms with van der Waals surface area (Å²) >= 11 is 0. The first-order valence-corrected chi connectivity index (χ1v) is 8.17. The number of carbonyl (C=O) groups is 1. The first-order valence-electron chi connectivity index (χ1n) is 8.17. The lowest BCUT2D eigenvalue weighted by Gasteiger charge is -2.08. The highest BCUT2D eigenvalue weighted by molar-refractivity contribution is 6.02. The number of rotatable bonds is 4. The van der Waals surface area contributed by atoms with Gasteiger partial charge in [0.1, 0.15) is 6.61 Å². The van der Waals surface area contributed by atoms with Crippen molar-refractivity contribution in [3.8, 4) is 5.69 Å². The quantitative estimate of drug-likeness (QED) is 0.531. The summed E-state index contributed by atoms with van der Waals surface area (Å²) in [5.41, 5.74) is 3.69. The minimum Gasteiger partial charge on any atom is -0.457 e. The van der Waals surface area contributed by atoms with Gasteiger partial charge in [0.05, 0.1) is 22.8 Å². The summed E-state index contributed by atoms with van der Waals surface area (Å²) in [6, 6.07) is 11.3. The number of nitrogens with zero attached hydrogens (tertiary/aromatic N) is 5. The monoisotopic (exact) mass is 347 g/mol. The van der Waals surface area contributed by atoms with Gasteiger partial charge in [0.25, 0.3) is 0 Å². The van der Waals surface area contributed by atoms with Gasteiger partial charge in [-0.3, -0.25) is 4.68 Å². The molecule has 7 heteroatoms. The zero-order valence-electron chi connectivity index (χ0n) is 14.5. The molecule has 0 bridgehead atoms. The van der Waals surface area contributed by atoms with E-state index in [0.717, 1.165) is 16.9 Å². The van der Waals surface area contributed by atoms with Crippen LogP contribution in [-0.4, -0.2) is 30.5 Å². The second kappa shape index (κ2) is 6.44. The van der Waals surface area contributed by atoms with Gasteiger partial charge < -0.3 is 4.74 Å². The fourth-order valence-electron chi connectivity index (χ4n) is 2.85. The Morgan fingerprint density at radius 3 is 2.88 bits per heavy atom. The third-order valence-electron chi connectivity index (χ3n) is 4.10. The Morgan fingerprint density at radius 2 is 2.08 bits per heavy atom. The van der Waals surface area contributed by atoms with Crippen molar-refractivity contribution in [3.05, 3.63) is 71.8 Å². The molecule has 3 heterocycles. The summed E-state index contributed by atoms with van der Waals surface area (Å²) in [4.78, 5) is 17.0. The number of aryl methyl sites for hydroxylation is 2. The normalized spacial score (nSPS) is 11.0. The molecule has 0 unspecified atom stereocenters. The van der Waals surface area contributed by atoms with E-state index in [-0.39, 0.29) is 6.61 Å². The zero-order chi connectivity index (χ0) is 18.1.